The van der Waals surface area contributed by atoms with Gasteiger partial charge in [-0.1, -0.05) is 23.2 Å². The maximum absolute atomic E-state index is 5.90. The van der Waals surface area contributed by atoms with E-state index in [9.17, 15) is 0 Å². The predicted molar refractivity (Wildman–Crippen MR) is 86.5 cm³/mol. The Morgan fingerprint density at radius 1 is 1.27 bits per heavy atom. The average molecular weight is 321 g/mol. The van der Waals surface area contributed by atoms with Crippen molar-refractivity contribution in [2.75, 3.05) is 13.1 Å². The molecule has 118 valence electrons. The maximum atomic E-state index is 5.90. The minimum atomic E-state index is 0.532. The fraction of sp³-hybridized carbons (Fsp3) is 0.500. The number of nitrogens with zero attached hydrogens (tertiary/aromatic N) is 3. The van der Waals surface area contributed by atoms with Gasteiger partial charge in [-0.15, -0.1) is 0 Å². The molecule has 1 unspecified atom stereocenters. The Kier molecular flexibility index (Phi) is 5.08. The van der Waals surface area contributed by atoms with Gasteiger partial charge in [-0.3, -0.25) is 4.90 Å². The van der Waals surface area contributed by atoms with Gasteiger partial charge in [0.2, 0.25) is 11.7 Å². The van der Waals surface area contributed by atoms with Gasteiger partial charge in [0.1, 0.15) is 0 Å². The molecule has 2 N–H and O–H groups in total. The number of hydrogen-bond donors (Lipinski definition) is 1. The standard InChI is InChI=1S/C16H21ClN4O/c17-13-6-4-12(5-7-13)16-19-15(22-20-16)11-21-10-2-1-3-14(21)8-9-18/h4-7,14H,1-3,8-11,18H2. The number of rotatable bonds is 5. The number of likely N-dealkylation sites (tertiary alicyclic amines) is 1. The molecule has 22 heavy (non-hydrogen) atoms. The summed E-state index contributed by atoms with van der Waals surface area (Å²) in [5, 5.41) is 4.77. The number of benzene rings is 1. The highest BCUT2D eigenvalue weighted by atomic mass is 35.5. The lowest BCUT2D eigenvalue weighted by molar-refractivity contribution is 0.118. The van der Waals surface area contributed by atoms with E-state index in [0.717, 1.165) is 25.1 Å². The van der Waals surface area contributed by atoms with Crippen LogP contribution < -0.4 is 5.73 Å². The second-order valence-corrected chi connectivity index (χ2v) is 6.15. The number of halogens is 1. The SMILES string of the molecule is NCCC1CCCCN1Cc1nc(-c2ccc(Cl)cc2)no1. The van der Waals surface area contributed by atoms with Crippen LogP contribution >= 0.6 is 11.6 Å². The van der Waals surface area contributed by atoms with E-state index in [-0.39, 0.29) is 0 Å². The van der Waals surface area contributed by atoms with Crippen LogP contribution in [-0.2, 0) is 6.54 Å². The van der Waals surface area contributed by atoms with Gasteiger partial charge in [-0.25, -0.2) is 0 Å². The molecule has 1 fully saturated rings. The molecule has 0 saturated carbocycles. The Morgan fingerprint density at radius 2 is 2.09 bits per heavy atom. The van der Waals surface area contributed by atoms with Crippen LogP contribution in [0, 0.1) is 0 Å². The molecule has 1 aromatic heterocycles. The highest BCUT2D eigenvalue weighted by molar-refractivity contribution is 6.30. The van der Waals surface area contributed by atoms with Crippen molar-refractivity contribution in [1.29, 1.82) is 0 Å². The lowest BCUT2D eigenvalue weighted by atomic mass is 9.99. The third-order valence-corrected chi connectivity index (χ3v) is 4.41. The zero-order valence-corrected chi connectivity index (χ0v) is 13.3. The maximum Gasteiger partial charge on any atom is 0.241 e. The van der Waals surface area contributed by atoms with E-state index in [0.29, 0.717) is 29.3 Å². The highest BCUT2D eigenvalue weighted by Gasteiger charge is 2.23. The van der Waals surface area contributed by atoms with Crippen molar-refractivity contribution >= 4 is 11.6 Å². The van der Waals surface area contributed by atoms with Gasteiger partial charge in [0.05, 0.1) is 6.54 Å². The minimum Gasteiger partial charge on any atom is -0.338 e. The van der Waals surface area contributed by atoms with Crippen molar-refractivity contribution in [1.82, 2.24) is 15.0 Å². The van der Waals surface area contributed by atoms with Gasteiger partial charge in [0.25, 0.3) is 0 Å². The Morgan fingerprint density at radius 3 is 2.86 bits per heavy atom. The molecule has 1 aliphatic heterocycles. The monoisotopic (exact) mass is 320 g/mol. The van der Waals surface area contributed by atoms with Crippen molar-refractivity contribution in [3.63, 3.8) is 0 Å². The molecule has 0 radical (unpaired) electrons. The summed E-state index contributed by atoms with van der Waals surface area (Å²) in [5.74, 6) is 1.27. The summed E-state index contributed by atoms with van der Waals surface area (Å²) in [7, 11) is 0. The Bertz CT molecular complexity index is 596. The van der Waals surface area contributed by atoms with Gasteiger partial charge in [0, 0.05) is 16.6 Å². The van der Waals surface area contributed by atoms with E-state index in [1.165, 1.54) is 19.3 Å². The zero-order chi connectivity index (χ0) is 15.4. The lowest BCUT2D eigenvalue weighted by Gasteiger charge is -2.34. The molecule has 1 saturated heterocycles. The Labute approximate surface area is 135 Å². The van der Waals surface area contributed by atoms with Crippen LogP contribution in [0.4, 0.5) is 0 Å². The number of nitrogens with two attached hydrogens (primary N) is 1. The first-order chi connectivity index (χ1) is 10.8. The van der Waals surface area contributed by atoms with Crippen LogP contribution in [0.25, 0.3) is 11.4 Å². The summed E-state index contributed by atoms with van der Waals surface area (Å²) in [5.41, 5.74) is 6.63. The van der Waals surface area contributed by atoms with E-state index in [1.807, 2.05) is 24.3 Å². The molecule has 6 heteroatoms. The van der Waals surface area contributed by atoms with Crippen molar-refractivity contribution < 1.29 is 4.52 Å². The van der Waals surface area contributed by atoms with Gasteiger partial charge >= 0.3 is 0 Å². The number of piperidine rings is 1. The molecule has 2 heterocycles. The molecule has 2 aromatic rings. The summed E-state index contributed by atoms with van der Waals surface area (Å²) >= 11 is 5.90. The largest absolute Gasteiger partial charge is 0.338 e. The molecule has 0 amide bonds. The molecule has 3 rings (SSSR count). The molecule has 1 aromatic carbocycles. The van der Waals surface area contributed by atoms with Crippen LogP contribution in [0.15, 0.2) is 28.8 Å². The van der Waals surface area contributed by atoms with Crippen molar-refractivity contribution in [3.05, 3.63) is 35.2 Å². The fourth-order valence-corrected chi connectivity index (χ4v) is 3.12. The quantitative estimate of drug-likeness (QED) is 0.916. The van der Waals surface area contributed by atoms with E-state index < -0.39 is 0 Å². The summed E-state index contributed by atoms with van der Waals surface area (Å²) in [6, 6.07) is 7.98. The Hall–Kier alpha value is -1.43. The number of hydrogen-bond acceptors (Lipinski definition) is 5. The highest BCUT2D eigenvalue weighted by Crippen LogP contribution is 2.23. The molecule has 0 bridgehead atoms. The molecular formula is C16H21ClN4O. The van der Waals surface area contributed by atoms with E-state index in [1.54, 1.807) is 0 Å². The molecule has 0 aliphatic carbocycles. The van der Waals surface area contributed by atoms with Crippen LogP contribution in [0.5, 0.6) is 0 Å². The summed E-state index contributed by atoms with van der Waals surface area (Å²) in [6.45, 7) is 2.50. The average Bonchev–Trinajstić information content (AvgIpc) is 2.99. The first kappa shape index (κ1) is 15.5. The van der Waals surface area contributed by atoms with E-state index in [2.05, 4.69) is 15.0 Å². The second kappa shape index (κ2) is 7.22. The summed E-state index contributed by atoms with van der Waals surface area (Å²) in [6.07, 6.45) is 4.73. The van der Waals surface area contributed by atoms with Crippen molar-refractivity contribution in [3.8, 4) is 11.4 Å². The zero-order valence-electron chi connectivity index (χ0n) is 12.5. The molecular weight excluding hydrogens is 300 g/mol. The van der Waals surface area contributed by atoms with Gasteiger partial charge in [0.15, 0.2) is 0 Å². The van der Waals surface area contributed by atoms with Crippen LogP contribution in [0.1, 0.15) is 31.6 Å². The van der Waals surface area contributed by atoms with Crippen LogP contribution in [0.2, 0.25) is 5.02 Å². The Balaban J connectivity index is 1.69. The minimum absolute atomic E-state index is 0.532. The molecule has 1 aliphatic rings. The first-order valence-corrected chi connectivity index (χ1v) is 8.16. The van der Waals surface area contributed by atoms with Gasteiger partial charge < -0.3 is 10.3 Å². The predicted octanol–water partition coefficient (Wildman–Crippen LogP) is 3.09. The molecule has 1 atom stereocenters. The van der Waals surface area contributed by atoms with E-state index in [4.69, 9.17) is 21.9 Å². The van der Waals surface area contributed by atoms with Crippen molar-refractivity contribution in [2.45, 2.75) is 38.3 Å². The summed E-state index contributed by atoms with van der Waals surface area (Å²) < 4.78 is 5.41. The lowest BCUT2D eigenvalue weighted by Crippen LogP contribution is -2.40. The normalized spacial score (nSPS) is 19.5. The molecule has 0 spiro atoms. The second-order valence-electron chi connectivity index (χ2n) is 5.72. The number of aromatic nitrogens is 2. The molecule has 5 nitrogen and oxygen atoms in total. The third kappa shape index (κ3) is 3.66. The smallest absolute Gasteiger partial charge is 0.241 e. The van der Waals surface area contributed by atoms with Crippen LogP contribution in [0.3, 0.4) is 0 Å². The van der Waals surface area contributed by atoms with Crippen LogP contribution in [-0.4, -0.2) is 34.2 Å². The van der Waals surface area contributed by atoms with E-state index >= 15 is 0 Å². The topological polar surface area (TPSA) is 68.2 Å². The summed E-state index contributed by atoms with van der Waals surface area (Å²) in [4.78, 5) is 6.92. The van der Waals surface area contributed by atoms with Gasteiger partial charge in [-0.05, 0) is 56.6 Å². The van der Waals surface area contributed by atoms with Crippen molar-refractivity contribution in [2.24, 2.45) is 5.73 Å². The van der Waals surface area contributed by atoms with Gasteiger partial charge in [-0.2, -0.15) is 4.98 Å². The third-order valence-electron chi connectivity index (χ3n) is 4.16. The fourth-order valence-electron chi connectivity index (χ4n) is 3.00. The first-order valence-electron chi connectivity index (χ1n) is 7.79.